The zero-order valence-corrected chi connectivity index (χ0v) is 19.4. The summed E-state index contributed by atoms with van der Waals surface area (Å²) in [7, 11) is -4.36. The molecule has 0 fully saturated rings. The molecule has 0 saturated heterocycles. The van der Waals surface area contributed by atoms with Gasteiger partial charge in [0.25, 0.3) is 0 Å². The largest absolute Gasteiger partial charge is 0.368 e. The van der Waals surface area contributed by atoms with Crippen LogP contribution in [0.1, 0.15) is 54.4 Å². The number of Topliss-reactive ketones (excluding diaryl/α,β-unsaturated/α-hetero) is 1. The minimum atomic E-state index is -4.36. The molecule has 2 rings (SSSR count). The second-order valence-electron chi connectivity index (χ2n) is 7.37. The van der Waals surface area contributed by atoms with E-state index in [9.17, 15) is 22.8 Å². The predicted octanol–water partition coefficient (Wildman–Crippen LogP) is 3.00. The molecule has 0 saturated carbocycles. The Labute approximate surface area is 192 Å². The van der Waals surface area contributed by atoms with Gasteiger partial charge in [-0.05, 0) is 30.5 Å². The molecule has 0 aliphatic heterocycles. The van der Waals surface area contributed by atoms with Gasteiger partial charge in [-0.15, -0.1) is 0 Å². The van der Waals surface area contributed by atoms with E-state index in [0.717, 1.165) is 4.90 Å². The van der Waals surface area contributed by atoms with Gasteiger partial charge in [-0.2, -0.15) is 0 Å². The average molecular weight is 480 g/mol. The third kappa shape index (κ3) is 6.15. The van der Waals surface area contributed by atoms with Gasteiger partial charge in [-0.25, -0.2) is 13.6 Å². The molecule has 0 aliphatic carbocycles. The second kappa shape index (κ2) is 10.7. The highest BCUT2D eigenvalue weighted by Crippen LogP contribution is 2.35. The lowest BCUT2D eigenvalue weighted by Crippen LogP contribution is -2.45. The maximum Gasteiger partial charge on any atom is 0.237 e. The van der Waals surface area contributed by atoms with Crippen molar-refractivity contribution < 1.29 is 22.8 Å². The minimum absolute atomic E-state index is 0.0353. The Kier molecular flexibility index (Phi) is 8.54. The number of rotatable bonds is 10. The standard InChI is InChI=1S/C22H26ClN3O5S/c1-3-4-9-21(29)26(13-20(24)28)22(32(25,30)31)15-10-11-18(19(23)12-15)17-8-6-5-7-16(17)14(2)27/h5-8,10-12,22H,3-4,9,13H2,1-2H3,(H2,24,28)(H2,25,30,31). The van der Waals surface area contributed by atoms with Crippen molar-refractivity contribution in [1.29, 1.82) is 0 Å². The highest BCUT2D eigenvalue weighted by Gasteiger charge is 2.35. The van der Waals surface area contributed by atoms with Crippen molar-refractivity contribution in [2.45, 2.75) is 38.5 Å². The predicted molar refractivity (Wildman–Crippen MR) is 123 cm³/mol. The van der Waals surface area contributed by atoms with Crippen molar-refractivity contribution in [1.82, 2.24) is 4.90 Å². The fraction of sp³-hybridized carbons (Fsp3) is 0.318. The Morgan fingerprint density at radius 1 is 1.09 bits per heavy atom. The number of carbonyl (C=O) groups excluding carboxylic acids is 3. The van der Waals surface area contributed by atoms with Crippen LogP contribution in [0.3, 0.4) is 0 Å². The van der Waals surface area contributed by atoms with Crippen LogP contribution in [0.25, 0.3) is 11.1 Å². The van der Waals surface area contributed by atoms with Crippen molar-refractivity contribution in [3.63, 3.8) is 0 Å². The molecule has 0 aromatic heterocycles. The number of primary amides is 1. The number of unbranched alkanes of at least 4 members (excludes halogenated alkanes) is 1. The first-order valence-electron chi connectivity index (χ1n) is 9.96. The second-order valence-corrected chi connectivity index (χ2v) is 9.41. The van der Waals surface area contributed by atoms with E-state index in [1.54, 1.807) is 30.3 Å². The molecule has 0 bridgehead atoms. The number of carbonyl (C=O) groups is 3. The number of ketones is 1. The van der Waals surface area contributed by atoms with Crippen LogP contribution in [-0.4, -0.2) is 37.5 Å². The zero-order chi connectivity index (χ0) is 24.1. The number of sulfonamides is 1. The lowest BCUT2D eigenvalue weighted by atomic mass is 9.96. The molecule has 4 N–H and O–H groups in total. The molecule has 8 nitrogen and oxygen atoms in total. The number of halogens is 1. The summed E-state index contributed by atoms with van der Waals surface area (Å²) in [5.41, 5.74) is 6.91. The summed E-state index contributed by atoms with van der Waals surface area (Å²) < 4.78 is 25.0. The molecule has 1 unspecified atom stereocenters. The average Bonchev–Trinajstić information content (AvgIpc) is 2.70. The molecule has 0 spiro atoms. The van der Waals surface area contributed by atoms with Gasteiger partial charge in [0.15, 0.2) is 11.2 Å². The van der Waals surface area contributed by atoms with Crippen LogP contribution in [-0.2, 0) is 19.6 Å². The molecule has 0 aliphatic rings. The van der Waals surface area contributed by atoms with Crippen LogP contribution >= 0.6 is 11.6 Å². The number of nitrogens with zero attached hydrogens (tertiary/aromatic N) is 1. The van der Waals surface area contributed by atoms with Gasteiger partial charge >= 0.3 is 0 Å². The summed E-state index contributed by atoms with van der Waals surface area (Å²) in [6.45, 7) is 2.69. The Bertz CT molecular complexity index is 1130. The first kappa shape index (κ1) is 25.5. The fourth-order valence-corrected chi connectivity index (χ4v) is 4.78. The first-order valence-corrected chi connectivity index (χ1v) is 11.9. The van der Waals surface area contributed by atoms with Crippen LogP contribution in [0.4, 0.5) is 0 Å². The van der Waals surface area contributed by atoms with Gasteiger partial charge < -0.3 is 10.6 Å². The van der Waals surface area contributed by atoms with Crippen molar-refractivity contribution in [2.24, 2.45) is 10.9 Å². The van der Waals surface area contributed by atoms with Gasteiger partial charge in [0.1, 0.15) is 6.54 Å². The van der Waals surface area contributed by atoms with Gasteiger partial charge in [0.05, 0.1) is 0 Å². The summed E-state index contributed by atoms with van der Waals surface area (Å²) in [5.74, 6) is -1.59. The van der Waals surface area contributed by atoms with Gasteiger partial charge in [-0.1, -0.05) is 61.3 Å². The van der Waals surface area contributed by atoms with Crippen LogP contribution in [0, 0.1) is 0 Å². The van der Waals surface area contributed by atoms with Gasteiger partial charge in [-0.3, -0.25) is 14.4 Å². The van der Waals surface area contributed by atoms with E-state index in [2.05, 4.69) is 0 Å². The van der Waals surface area contributed by atoms with Crippen molar-refractivity contribution in [2.75, 3.05) is 6.54 Å². The fourth-order valence-electron chi connectivity index (χ4n) is 3.42. The van der Waals surface area contributed by atoms with Gasteiger partial charge in [0, 0.05) is 22.6 Å². The van der Waals surface area contributed by atoms with Crippen molar-refractivity contribution in [3.05, 3.63) is 58.6 Å². The number of benzene rings is 2. The number of hydrogen-bond donors (Lipinski definition) is 2. The lowest BCUT2D eigenvalue weighted by molar-refractivity contribution is -0.136. The minimum Gasteiger partial charge on any atom is -0.368 e. The molecule has 2 amide bonds. The highest BCUT2D eigenvalue weighted by atomic mass is 35.5. The Balaban J connectivity index is 2.60. The lowest BCUT2D eigenvalue weighted by Gasteiger charge is -2.30. The number of hydrogen-bond acceptors (Lipinski definition) is 5. The maximum absolute atomic E-state index is 12.7. The SMILES string of the molecule is CCCCC(=O)N(CC(N)=O)C(c1ccc(-c2ccccc2C(C)=O)c(Cl)c1)S(N)(=O)=O. The smallest absolute Gasteiger partial charge is 0.237 e. The van der Waals surface area contributed by atoms with E-state index >= 15 is 0 Å². The topological polar surface area (TPSA) is 141 Å². The van der Waals surface area contributed by atoms with E-state index in [0.29, 0.717) is 29.5 Å². The van der Waals surface area contributed by atoms with Gasteiger partial charge in [0.2, 0.25) is 21.8 Å². The molecular weight excluding hydrogens is 454 g/mol. The van der Waals surface area contributed by atoms with Crippen LogP contribution < -0.4 is 10.9 Å². The Morgan fingerprint density at radius 3 is 2.28 bits per heavy atom. The van der Waals surface area contributed by atoms with Crippen molar-refractivity contribution >= 4 is 39.2 Å². The third-order valence-electron chi connectivity index (χ3n) is 4.86. The summed E-state index contributed by atoms with van der Waals surface area (Å²) in [6, 6.07) is 11.2. The molecule has 0 radical (unpaired) electrons. The first-order chi connectivity index (χ1) is 15.0. The molecule has 0 heterocycles. The monoisotopic (exact) mass is 479 g/mol. The Hall–Kier alpha value is -2.75. The normalized spacial score (nSPS) is 12.2. The molecule has 172 valence electrons. The molecule has 2 aromatic rings. The summed E-state index contributed by atoms with van der Waals surface area (Å²) in [6.07, 6.45) is 1.24. The molecule has 32 heavy (non-hydrogen) atoms. The van der Waals surface area contributed by atoms with Crippen molar-refractivity contribution in [3.8, 4) is 11.1 Å². The van der Waals surface area contributed by atoms with Crippen LogP contribution in [0.5, 0.6) is 0 Å². The molecule has 1 atom stereocenters. The van der Waals surface area contributed by atoms with E-state index in [-0.39, 0.29) is 22.8 Å². The molecular formula is C22H26ClN3O5S. The summed E-state index contributed by atoms with van der Waals surface area (Å²) >= 11 is 6.47. The number of nitrogens with two attached hydrogens (primary N) is 2. The quantitative estimate of drug-likeness (QED) is 0.504. The number of primary sulfonamides is 1. The maximum atomic E-state index is 12.7. The third-order valence-corrected chi connectivity index (χ3v) is 6.32. The summed E-state index contributed by atoms with van der Waals surface area (Å²) in [4.78, 5) is 37.2. The van der Waals surface area contributed by atoms with E-state index in [4.69, 9.17) is 22.5 Å². The highest BCUT2D eigenvalue weighted by molar-refractivity contribution is 7.89. The molecule has 10 heteroatoms. The molecule has 2 aromatic carbocycles. The van der Waals surface area contributed by atoms with E-state index < -0.39 is 33.8 Å². The summed E-state index contributed by atoms with van der Waals surface area (Å²) in [5, 5.41) is 3.97. The van der Waals surface area contributed by atoms with Crippen LogP contribution in [0.2, 0.25) is 5.02 Å². The number of amides is 2. The van der Waals surface area contributed by atoms with E-state index in [1.165, 1.54) is 19.1 Å². The zero-order valence-electron chi connectivity index (χ0n) is 17.9. The van der Waals surface area contributed by atoms with E-state index in [1.807, 2.05) is 6.92 Å². The van der Waals surface area contributed by atoms with Crippen LogP contribution in [0.15, 0.2) is 42.5 Å². The Morgan fingerprint density at radius 2 is 1.75 bits per heavy atom.